The summed E-state index contributed by atoms with van der Waals surface area (Å²) in [6, 6.07) is 17.9. The van der Waals surface area contributed by atoms with Crippen LogP contribution in [0, 0.1) is 6.92 Å². The van der Waals surface area contributed by atoms with Crippen molar-refractivity contribution >= 4 is 23.5 Å². The molecule has 3 rings (SSSR count). The van der Waals surface area contributed by atoms with Crippen molar-refractivity contribution in [2.75, 3.05) is 12.4 Å². The molecule has 0 spiro atoms. The standard InChI is InChI=1S/C23H20N2O5.Li/c1-14-3-8-17(9-4-14)30-18-10-6-16(7-11-18)25-22(27)20-13-15(21(26)24-2)5-12-19(20)23(28)29;/h3-13H,1-2H3,(H,24,26)(H,25,27)(H,28,29);/q;+1/p-1. The average molecular weight is 410 g/mol. The van der Waals surface area contributed by atoms with Crippen LogP contribution in [0.1, 0.15) is 36.6 Å². The summed E-state index contributed by atoms with van der Waals surface area (Å²) in [4.78, 5) is 35.8. The summed E-state index contributed by atoms with van der Waals surface area (Å²) >= 11 is 0. The smallest absolute Gasteiger partial charge is 0.545 e. The largest absolute Gasteiger partial charge is 1.00 e. The van der Waals surface area contributed by atoms with E-state index in [0.717, 1.165) is 5.56 Å². The molecular formula is C23H19LiN2O5. The van der Waals surface area contributed by atoms with Gasteiger partial charge >= 0.3 is 18.9 Å². The third-order valence-corrected chi connectivity index (χ3v) is 4.34. The molecule has 0 atom stereocenters. The van der Waals surface area contributed by atoms with Crippen LogP contribution in [0.5, 0.6) is 11.5 Å². The van der Waals surface area contributed by atoms with Crippen LogP contribution in [0.15, 0.2) is 66.7 Å². The van der Waals surface area contributed by atoms with Crippen LogP contribution in [0.2, 0.25) is 0 Å². The molecule has 3 aromatic rings. The molecule has 8 heteroatoms. The molecule has 2 amide bonds. The number of rotatable bonds is 6. The SMILES string of the molecule is CNC(=O)c1ccc(C(=O)[O-])c(C(=O)Nc2ccc(Oc3ccc(C)cc3)cc2)c1.[Li+]. The van der Waals surface area contributed by atoms with Crippen LogP contribution in [0.4, 0.5) is 5.69 Å². The first-order valence-electron chi connectivity index (χ1n) is 9.11. The Morgan fingerprint density at radius 1 is 0.806 bits per heavy atom. The Morgan fingerprint density at radius 2 is 1.39 bits per heavy atom. The summed E-state index contributed by atoms with van der Waals surface area (Å²) in [5.41, 5.74) is 1.24. The van der Waals surface area contributed by atoms with Crippen molar-refractivity contribution in [2.24, 2.45) is 0 Å². The molecule has 0 heterocycles. The zero-order valence-electron chi connectivity index (χ0n) is 17.4. The van der Waals surface area contributed by atoms with E-state index < -0.39 is 17.8 Å². The summed E-state index contributed by atoms with van der Waals surface area (Å²) in [6.07, 6.45) is 0. The third-order valence-electron chi connectivity index (χ3n) is 4.34. The number of nitrogens with one attached hydrogen (secondary N) is 2. The fourth-order valence-electron chi connectivity index (χ4n) is 2.74. The molecule has 0 saturated carbocycles. The molecule has 0 saturated heterocycles. The normalized spacial score (nSPS) is 9.87. The number of carbonyl (C=O) groups is 3. The molecule has 0 unspecified atom stereocenters. The molecule has 0 bridgehead atoms. The van der Waals surface area contributed by atoms with E-state index in [1.807, 2.05) is 31.2 Å². The molecule has 2 N–H and O–H groups in total. The number of carbonyl (C=O) groups excluding carboxylic acids is 3. The quantitative estimate of drug-likeness (QED) is 0.546. The van der Waals surface area contributed by atoms with Gasteiger partial charge in [0.25, 0.3) is 11.8 Å². The van der Waals surface area contributed by atoms with E-state index in [1.54, 1.807) is 24.3 Å². The summed E-state index contributed by atoms with van der Waals surface area (Å²) in [5, 5.41) is 16.4. The third kappa shape index (κ3) is 5.98. The maximum Gasteiger partial charge on any atom is 1.00 e. The number of hydrogen-bond donors (Lipinski definition) is 2. The minimum Gasteiger partial charge on any atom is -0.545 e. The van der Waals surface area contributed by atoms with Crippen molar-refractivity contribution in [1.29, 1.82) is 0 Å². The van der Waals surface area contributed by atoms with Crippen molar-refractivity contribution in [3.05, 3.63) is 89.0 Å². The topological polar surface area (TPSA) is 108 Å². The van der Waals surface area contributed by atoms with Gasteiger partial charge in [0.2, 0.25) is 0 Å². The van der Waals surface area contributed by atoms with E-state index in [1.165, 1.54) is 25.2 Å². The van der Waals surface area contributed by atoms with Crippen LogP contribution in [0.3, 0.4) is 0 Å². The predicted molar refractivity (Wildman–Crippen MR) is 110 cm³/mol. The maximum absolute atomic E-state index is 12.6. The number of aromatic carboxylic acids is 1. The Bertz CT molecular complexity index is 1100. The monoisotopic (exact) mass is 410 g/mol. The van der Waals surface area contributed by atoms with Gasteiger partial charge in [-0.15, -0.1) is 0 Å². The van der Waals surface area contributed by atoms with E-state index in [2.05, 4.69) is 10.6 Å². The van der Waals surface area contributed by atoms with Crippen LogP contribution in [-0.4, -0.2) is 24.8 Å². The summed E-state index contributed by atoms with van der Waals surface area (Å²) < 4.78 is 5.74. The van der Waals surface area contributed by atoms with Crippen molar-refractivity contribution < 1.29 is 43.1 Å². The Hall–Kier alpha value is -3.53. The van der Waals surface area contributed by atoms with Crippen molar-refractivity contribution in [3.8, 4) is 11.5 Å². The summed E-state index contributed by atoms with van der Waals surface area (Å²) in [6.45, 7) is 1.98. The van der Waals surface area contributed by atoms with Gasteiger partial charge in [-0.05, 0) is 55.5 Å². The van der Waals surface area contributed by atoms with Gasteiger partial charge in [0.15, 0.2) is 0 Å². The molecule has 0 fully saturated rings. The number of carboxylic acids is 1. The van der Waals surface area contributed by atoms with Crippen LogP contribution >= 0.6 is 0 Å². The second kappa shape index (κ2) is 10.5. The van der Waals surface area contributed by atoms with Gasteiger partial charge in [-0.2, -0.15) is 0 Å². The van der Waals surface area contributed by atoms with Gasteiger partial charge in [-0.25, -0.2) is 0 Å². The van der Waals surface area contributed by atoms with Crippen LogP contribution in [-0.2, 0) is 0 Å². The fourth-order valence-corrected chi connectivity index (χ4v) is 2.74. The minimum atomic E-state index is -1.51. The summed E-state index contributed by atoms with van der Waals surface area (Å²) in [5.74, 6) is -1.36. The molecule has 3 aromatic carbocycles. The predicted octanol–water partition coefficient (Wildman–Crippen LogP) is -0.233. The molecule has 0 aliphatic heterocycles. The number of anilines is 1. The molecule has 0 aliphatic rings. The van der Waals surface area contributed by atoms with E-state index >= 15 is 0 Å². The Morgan fingerprint density at radius 3 is 1.94 bits per heavy atom. The first kappa shape index (κ1) is 23.7. The average Bonchev–Trinajstić information content (AvgIpc) is 2.75. The van der Waals surface area contributed by atoms with Gasteiger partial charge in [0.1, 0.15) is 11.5 Å². The molecule has 7 nitrogen and oxygen atoms in total. The minimum absolute atomic E-state index is 0. The first-order chi connectivity index (χ1) is 14.4. The number of aryl methyl sites for hydroxylation is 1. The summed E-state index contributed by atoms with van der Waals surface area (Å²) in [7, 11) is 1.44. The van der Waals surface area contributed by atoms with Crippen molar-refractivity contribution in [2.45, 2.75) is 6.92 Å². The van der Waals surface area contributed by atoms with Gasteiger partial charge in [0, 0.05) is 29.4 Å². The van der Waals surface area contributed by atoms with Crippen molar-refractivity contribution in [1.82, 2.24) is 5.32 Å². The second-order valence-electron chi connectivity index (χ2n) is 6.52. The van der Waals surface area contributed by atoms with E-state index in [-0.39, 0.29) is 35.6 Å². The van der Waals surface area contributed by atoms with Crippen molar-refractivity contribution in [3.63, 3.8) is 0 Å². The molecule has 152 valence electrons. The molecular weight excluding hydrogens is 391 g/mol. The number of ether oxygens (including phenoxy) is 1. The van der Waals surface area contributed by atoms with E-state index in [0.29, 0.717) is 17.2 Å². The number of carboxylic acid groups (broad SMARTS) is 1. The van der Waals surface area contributed by atoms with Gasteiger partial charge in [0.05, 0.1) is 5.97 Å². The zero-order chi connectivity index (χ0) is 21.7. The van der Waals surface area contributed by atoms with E-state index in [4.69, 9.17) is 4.74 Å². The molecule has 0 radical (unpaired) electrons. The van der Waals surface area contributed by atoms with Gasteiger partial charge in [-0.1, -0.05) is 23.8 Å². The van der Waals surface area contributed by atoms with E-state index in [9.17, 15) is 19.5 Å². The molecule has 0 aromatic heterocycles. The Kier molecular flexibility index (Phi) is 8.03. The fraction of sp³-hybridized carbons (Fsp3) is 0.0870. The number of hydrogen-bond acceptors (Lipinski definition) is 5. The second-order valence-corrected chi connectivity index (χ2v) is 6.52. The Balaban J connectivity index is 0.00000341. The van der Waals surface area contributed by atoms with Gasteiger partial charge < -0.3 is 25.3 Å². The van der Waals surface area contributed by atoms with Crippen LogP contribution < -0.4 is 39.3 Å². The molecule has 31 heavy (non-hydrogen) atoms. The van der Waals surface area contributed by atoms with Crippen LogP contribution in [0.25, 0.3) is 0 Å². The molecule has 0 aliphatic carbocycles. The van der Waals surface area contributed by atoms with Gasteiger partial charge in [-0.3, -0.25) is 9.59 Å². The Labute approximate surface area is 191 Å². The first-order valence-corrected chi connectivity index (χ1v) is 9.11. The maximum atomic E-state index is 12.6. The number of amides is 2. The number of benzene rings is 3. The zero-order valence-corrected chi connectivity index (χ0v) is 17.4.